The molecule has 4 rings (SSSR count). The van der Waals surface area contributed by atoms with Crippen LogP contribution in [0.1, 0.15) is 74.4 Å². The second-order valence-electron chi connectivity index (χ2n) is 8.75. The first-order chi connectivity index (χ1) is 17.1. The van der Waals surface area contributed by atoms with Crippen LogP contribution >= 0.6 is 0 Å². The zero-order valence-corrected chi connectivity index (χ0v) is 20.7. The monoisotopic (exact) mass is 471 g/mol. The first-order valence-electron chi connectivity index (χ1n) is 12.5. The Labute approximate surface area is 206 Å². The number of hydrogen-bond donors (Lipinski definition) is 0. The molecular weight excluding hydrogens is 438 g/mol. The van der Waals surface area contributed by atoms with Crippen molar-refractivity contribution in [1.29, 1.82) is 0 Å². The van der Waals surface area contributed by atoms with Gasteiger partial charge >= 0.3 is 0 Å². The van der Waals surface area contributed by atoms with E-state index in [1.165, 1.54) is 11.8 Å². The van der Waals surface area contributed by atoms with Crippen molar-refractivity contribution in [3.63, 3.8) is 0 Å². The zero-order valence-electron chi connectivity index (χ0n) is 20.7. The molecule has 0 fully saturated rings. The Morgan fingerprint density at radius 1 is 1.00 bits per heavy atom. The van der Waals surface area contributed by atoms with E-state index in [1.54, 1.807) is 22.8 Å². The molecule has 6 heteroatoms. The van der Waals surface area contributed by atoms with Crippen LogP contribution in [0.25, 0.3) is 16.6 Å². The largest absolute Gasteiger partial charge is 0.459 e. The average molecular weight is 472 g/mol. The van der Waals surface area contributed by atoms with Crippen molar-refractivity contribution < 1.29 is 9.21 Å². The lowest BCUT2D eigenvalue weighted by atomic mass is 10.1. The van der Waals surface area contributed by atoms with E-state index in [-0.39, 0.29) is 11.5 Å². The maximum absolute atomic E-state index is 13.8. The second kappa shape index (κ2) is 11.2. The van der Waals surface area contributed by atoms with Crippen LogP contribution < -0.4 is 5.56 Å². The highest BCUT2D eigenvalue weighted by molar-refractivity contribution is 5.91. The summed E-state index contributed by atoms with van der Waals surface area (Å²) in [5, 5.41) is 0.556. The van der Waals surface area contributed by atoms with E-state index in [4.69, 9.17) is 9.40 Å². The molecule has 0 spiro atoms. The third-order valence-electron chi connectivity index (χ3n) is 6.46. The van der Waals surface area contributed by atoms with E-state index in [1.807, 2.05) is 54.3 Å². The maximum atomic E-state index is 13.8. The second-order valence-corrected chi connectivity index (χ2v) is 8.75. The van der Waals surface area contributed by atoms with Gasteiger partial charge in [-0.25, -0.2) is 4.98 Å². The van der Waals surface area contributed by atoms with Crippen LogP contribution in [0.15, 0.2) is 76.1 Å². The lowest BCUT2D eigenvalue weighted by Gasteiger charge is -2.32. The van der Waals surface area contributed by atoms with Gasteiger partial charge in [-0.05, 0) is 61.2 Å². The molecule has 0 aliphatic rings. The number of hydrogen-bond acceptors (Lipinski definition) is 4. The summed E-state index contributed by atoms with van der Waals surface area (Å²) in [6, 6.07) is 18.4. The third-order valence-corrected chi connectivity index (χ3v) is 6.46. The van der Waals surface area contributed by atoms with Crippen LogP contribution in [-0.4, -0.2) is 26.9 Å². The van der Waals surface area contributed by atoms with Gasteiger partial charge in [0.05, 0.1) is 28.9 Å². The fraction of sp³-hybridized carbons (Fsp3) is 0.345. The Bertz CT molecular complexity index is 1320. The summed E-state index contributed by atoms with van der Waals surface area (Å²) in [5.41, 5.74) is 2.44. The molecular formula is C29H33N3O3. The molecule has 1 unspecified atom stereocenters. The van der Waals surface area contributed by atoms with E-state index >= 15 is 0 Å². The van der Waals surface area contributed by atoms with Crippen molar-refractivity contribution in [2.75, 3.05) is 6.54 Å². The van der Waals surface area contributed by atoms with Crippen LogP contribution in [0, 0.1) is 0 Å². The molecule has 6 nitrogen and oxygen atoms in total. The smallest absolute Gasteiger partial charge is 0.290 e. The SMILES string of the molecule is CCCCCN(C(=O)c1ccco1)C(CC)c1nc2ccccc2c(=O)n1-c1ccc(CC)cc1. The van der Waals surface area contributed by atoms with Gasteiger partial charge in [-0.2, -0.15) is 0 Å². The summed E-state index contributed by atoms with van der Waals surface area (Å²) in [6.45, 7) is 6.83. The summed E-state index contributed by atoms with van der Waals surface area (Å²) in [5.74, 6) is 0.673. The number of benzene rings is 2. The fourth-order valence-corrected chi connectivity index (χ4v) is 4.52. The standard InChI is InChI=1S/C29H33N3O3/c1-4-7-10-19-31(29(34)26-14-11-20-35-26)25(6-3)27-30-24-13-9-8-12-23(24)28(33)32(27)22-17-15-21(5-2)16-18-22/h8-9,11-18,20,25H,4-7,10,19H2,1-3H3. The van der Waals surface area contributed by atoms with Crippen molar-refractivity contribution in [3.8, 4) is 5.69 Å². The summed E-state index contributed by atoms with van der Waals surface area (Å²) in [4.78, 5) is 34.2. The molecule has 1 amide bonds. The van der Waals surface area contributed by atoms with E-state index in [2.05, 4.69) is 13.8 Å². The molecule has 0 bridgehead atoms. The number of aryl methyl sites for hydroxylation is 1. The summed E-state index contributed by atoms with van der Waals surface area (Å²) in [7, 11) is 0. The first kappa shape index (κ1) is 24.5. The van der Waals surface area contributed by atoms with E-state index in [9.17, 15) is 9.59 Å². The third kappa shape index (κ3) is 5.06. The Kier molecular flexibility index (Phi) is 7.80. The lowest BCUT2D eigenvalue weighted by Crippen LogP contribution is -2.39. The van der Waals surface area contributed by atoms with Gasteiger partial charge < -0.3 is 9.32 Å². The van der Waals surface area contributed by atoms with E-state index in [0.29, 0.717) is 35.5 Å². The molecule has 2 aromatic heterocycles. The lowest BCUT2D eigenvalue weighted by molar-refractivity contribution is 0.0622. The van der Waals surface area contributed by atoms with Crippen LogP contribution in [0.4, 0.5) is 0 Å². The van der Waals surface area contributed by atoms with Crippen LogP contribution in [0.3, 0.4) is 0 Å². The molecule has 2 aromatic carbocycles. The minimum atomic E-state index is -0.396. The number of aromatic nitrogens is 2. The Morgan fingerprint density at radius 3 is 2.43 bits per heavy atom. The van der Waals surface area contributed by atoms with Crippen molar-refractivity contribution in [3.05, 3.63) is 94.4 Å². The highest BCUT2D eigenvalue weighted by Crippen LogP contribution is 2.28. The predicted molar refractivity (Wildman–Crippen MR) is 139 cm³/mol. The average Bonchev–Trinajstić information content (AvgIpc) is 3.43. The molecule has 0 aliphatic heterocycles. The van der Waals surface area contributed by atoms with E-state index in [0.717, 1.165) is 31.4 Å². The van der Waals surface area contributed by atoms with Crippen LogP contribution in [0.5, 0.6) is 0 Å². The normalized spacial score (nSPS) is 12.1. The van der Waals surface area contributed by atoms with Gasteiger partial charge in [0.25, 0.3) is 11.5 Å². The predicted octanol–water partition coefficient (Wildman–Crippen LogP) is 6.32. The number of amides is 1. The molecule has 2 heterocycles. The molecule has 182 valence electrons. The molecule has 0 aliphatic carbocycles. The number of carbonyl (C=O) groups excluding carboxylic acids is 1. The number of unbranched alkanes of at least 4 members (excludes halogenated alkanes) is 2. The van der Waals surface area contributed by atoms with Gasteiger partial charge in [0.15, 0.2) is 5.76 Å². The summed E-state index contributed by atoms with van der Waals surface area (Å²) >= 11 is 0. The molecule has 35 heavy (non-hydrogen) atoms. The Hall–Kier alpha value is -3.67. The van der Waals surface area contributed by atoms with Gasteiger partial charge in [-0.15, -0.1) is 0 Å². The highest BCUT2D eigenvalue weighted by Gasteiger charge is 2.30. The molecule has 0 N–H and O–H groups in total. The quantitative estimate of drug-likeness (QED) is 0.254. The van der Waals surface area contributed by atoms with Crippen molar-refractivity contribution >= 4 is 16.8 Å². The first-order valence-corrected chi connectivity index (χ1v) is 12.5. The number of para-hydroxylation sites is 1. The highest BCUT2D eigenvalue weighted by atomic mass is 16.3. The van der Waals surface area contributed by atoms with E-state index < -0.39 is 6.04 Å². The molecule has 4 aromatic rings. The Morgan fingerprint density at radius 2 is 1.77 bits per heavy atom. The number of rotatable bonds is 10. The molecule has 1 atom stereocenters. The number of nitrogens with zero attached hydrogens (tertiary/aromatic N) is 3. The molecule has 0 radical (unpaired) electrons. The molecule has 0 saturated carbocycles. The summed E-state index contributed by atoms with van der Waals surface area (Å²) in [6.07, 6.45) is 5.95. The summed E-state index contributed by atoms with van der Waals surface area (Å²) < 4.78 is 7.15. The number of fused-ring (bicyclic) bond motifs is 1. The Balaban J connectivity index is 1.91. The van der Waals surface area contributed by atoms with Gasteiger partial charge in [-0.1, -0.05) is 57.9 Å². The minimum absolute atomic E-state index is 0.132. The van der Waals surface area contributed by atoms with Crippen LogP contribution in [0.2, 0.25) is 0 Å². The number of carbonyl (C=O) groups is 1. The van der Waals surface area contributed by atoms with Gasteiger partial charge in [0, 0.05) is 6.54 Å². The van der Waals surface area contributed by atoms with Crippen molar-refractivity contribution in [2.24, 2.45) is 0 Å². The van der Waals surface area contributed by atoms with Crippen molar-refractivity contribution in [1.82, 2.24) is 14.5 Å². The van der Waals surface area contributed by atoms with Crippen molar-refractivity contribution in [2.45, 2.75) is 58.9 Å². The fourth-order valence-electron chi connectivity index (χ4n) is 4.52. The van der Waals surface area contributed by atoms with Gasteiger partial charge in [-0.3, -0.25) is 14.2 Å². The molecule has 0 saturated heterocycles. The zero-order chi connectivity index (χ0) is 24.8. The topological polar surface area (TPSA) is 68.3 Å². The maximum Gasteiger partial charge on any atom is 0.290 e. The van der Waals surface area contributed by atoms with Gasteiger partial charge in [0.2, 0.25) is 0 Å². The van der Waals surface area contributed by atoms with Crippen LogP contribution in [-0.2, 0) is 6.42 Å². The van der Waals surface area contributed by atoms with Gasteiger partial charge in [0.1, 0.15) is 5.82 Å². The minimum Gasteiger partial charge on any atom is -0.459 e. The number of furan rings is 1.